The Labute approximate surface area is 158 Å². The lowest BCUT2D eigenvalue weighted by molar-refractivity contribution is -0.0476. The predicted molar refractivity (Wildman–Crippen MR) is 86.5 cm³/mol. The third-order valence-corrected chi connectivity index (χ3v) is 6.63. The lowest BCUT2D eigenvalue weighted by Crippen LogP contribution is -2.45. The standard InChI is InChI=1S/C8H19NO3S.C2HF6NO4S2/c1-3-9(4-2)7-5-6-8-13(10,11)12;3-1(4,5)14(10,11)9-15(12,13)2(6,7)8/h3-8H2,1-2H3,(H,10,11,12);9H. The van der Waals surface area contributed by atoms with Gasteiger partial charge >= 0.3 is 31.1 Å². The van der Waals surface area contributed by atoms with E-state index in [0.717, 1.165) is 26.1 Å². The Morgan fingerprint density at radius 3 is 1.39 bits per heavy atom. The van der Waals surface area contributed by atoms with E-state index in [1.807, 2.05) is 0 Å². The number of hydrogen-bond donors (Lipinski definition) is 2. The summed E-state index contributed by atoms with van der Waals surface area (Å²) in [5.41, 5.74) is -12.3. The summed E-state index contributed by atoms with van der Waals surface area (Å²) in [6.07, 6.45) is 1.36. The van der Waals surface area contributed by atoms with Crippen LogP contribution in [-0.2, 0) is 30.2 Å². The van der Waals surface area contributed by atoms with Gasteiger partial charge in [0.1, 0.15) is 0 Å². The van der Waals surface area contributed by atoms with Crippen LogP contribution in [0.4, 0.5) is 26.3 Å². The van der Waals surface area contributed by atoms with Gasteiger partial charge in [-0.25, -0.2) is 16.8 Å². The molecule has 0 radical (unpaired) electrons. The smallest absolute Gasteiger partial charge is 0.304 e. The zero-order valence-corrected chi connectivity index (χ0v) is 17.0. The van der Waals surface area contributed by atoms with Crippen molar-refractivity contribution in [1.82, 2.24) is 9.03 Å². The number of sulfonamides is 2. The molecule has 0 aromatic carbocycles. The SMILES string of the molecule is CCN(CC)CCCCS(=O)(=O)O.O=S(=O)(NS(=O)(=O)C(F)(F)F)C(F)(F)F. The zero-order valence-electron chi connectivity index (χ0n) is 14.6. The Morgan fingerprint density at radius 2 is 1.14 bits per heavy atom. The van der Waals surface area contributed by atoms with Crippen molar-refractivity contribution in [1.29, 1.82) is 0 Å². The lowest BCUT2D eigenvalue weighted by Gasteiger charge is -2.17. The highest BCUT2D eigenvalue weighted by molar-refractivity contribution is 8.05. The van der Waals surface area contributed by atoms with Gasteiger partial charge in [-0.15, -0.1) is 0 Å². The van der Waals surface area contributed by atoms with Crippen LogP contribution in [0.15, 0.2) is 0 Å². The Hall–Kier alpha value is -0.690. The molecule has 0 saturated heterocycles. The van der Waals surface area contributed by atoms with Gasteiger partial charge in [0.25, 0.3) is 10.1 Å². The Kier molecular flexibility index (Phi) is 11.5. The molecular weight excluding hydrogens is 470 g/mol. The van der Waals surface area contributed by atoms with Gasteiger partial charge in [0, 0.05) is 0 Å². The molecule has 0 aliphatic rings. The maximum Gasteiger partial charge on any atom is 0.512 e. The van der Waals surface area contributed by atoms with Crippen LogP contribution in [0, 0.1) is 0 Å². The van der Waals surface area contributed by atoms with Crippen molar-refractivity contribution in [2.75, 3.05) is 25.4 Å². The third kappa shape index (κ3) is 12.0. The molecule has 0 amide bonds. The second-order valence-electron chi connectivity index (χ2n) is 5.00. The van der Waals surface area contributed by atoms with Crippen LogP contribution in [0.5, 0.6) is 0 Å². The van der Waals surface area contributed by atoms with Crippen LogP contribution in [0.25, 0.3) is 0 Å². The number of hydrogen-bond acceptors (Lipinski definition) is 7. The molecule has 9 nitrogen and oxygen atoms in total. The molecule has 172 valence electrons. The van der Waals surface area contributed by atoms with E-state index in [1.54, 1.807) is 0 Å². The van der Waals surface area contributed by atoms with Crippen molar-refractivity contribution in [2.24, 2.45) is 0 Å². The van der Waals surface area contributed by atoms with Gasteiger partial charge in [-0.05, 0) is 32.5 Å². The van der Waals surface area contributed by atoms with Crippen LogP contribution in [0.2, 0.25) is 0 Å². The molecule has 0 aromatic rings. The van der Waals surface area contributed by atoms with Crippen LogP contribution < -0.4 is 4.13 Å². The summed E-state index contributed by atoms with van der Waals surface area (Å²) >= 11 is 0. The molecule has 28 heavy (non-hydrogen) atoms. The van der Waals surface area contributed by atoms with Gasteiger partial charge in [0.15, 0.2) is 0 Å². The van der Waals surface area contributed by atoms with Crippen molar-refractivity contribution in [3.05, 3.63) is 0 Å². The highest BCUT2D eigenvalue weighted by atomic mass is 32.3. The summed E-state index contributed by atoms with van der Waals surface area (Å²) in [5.74, 6) is -0.117. The second-order valence-corrected chi connectivity index (χ2v) is 10.2. The third-order valence-electron chi connectivity index (χ3n) is 2.85. The minimum absolute atomic E-state index is 0.117. The van der Waals surface area contributed by atoms with E-state index in [9.17, 15) is 51.6 Å². The largest absolute Gasteiger partial charge is 0.512 e. The summed E-state index contributed by atoms with van der Waals surface area (Å²) in [6, 6.07) is 0. The van der Waals surface area contributed by atoms with Gasteiger partial charge in [0.05, 0.1) is 5.75 Å². The van der Waals surface area contributed by atoms with E-state index in [2.05, 4.69) is 18.7 Å². The van der Waals surface area contributed by atoms with Crippen LogP contribution in [0.1, 0.15) is 26.7 Å². The minimum atomic E-state index is -6.60. The molecule has 0 aliphatic carbocycles. The quantitative estimate of drug-likeness (QED) is 0.280. The average molecular weight is 490 g/mol. The van der Waals surface area contributed by atoms with E-state index in [4.69, 9.17) is 4.55 Å². The molecule has 0 atom stereocenters. The maximum absolute atomic E-state index is 11.5. The number of nitrogens with one attached hydrogen (secondary N) is 1. The fourth-order valence-corrected chi connectivity index (χ4v) is 3.88. The second kappa shape index (κ2) is 10.9. The van der Waals surface area contributed by atoms with Gasteiger partial charge in [-0.2, -0.15) is 34.8 Å². The number of unbranched alkanes of at least 4 members (excludes halogenated alkanes) is 1. The molecule has 18 heteroatoms. The van der Waals surface area contributed by atoms with Crippen LogP contribution in [0.3, 0.4) is 0 Å². The van der Waals surface area contributed by atoms with Crippen molar-refractivity contribution in [3.63, 3.8) is 0 Å². The number of alkyl halides is 6. The van der Waals surface area contributed by atoms with Crippen molar-refractivity contribution in [2.45, 2.75) is 37.7 Å². The van der Waals surface area contributed by atoms with Crippen LogP contribution >= 0.6 is 0 Å². The maximum atomic E-state index is 11.5. The molecule has 0 fully saturated rings. The first-order valence-corrected chi connectivity index (χ1v) is 11.9. The fraction of sp³-hybridized carbons (Fsp3) is 1.00. The molecule has 0 bridgehead atoms. The molecule has 0 unspecified atom stereocenters. The van der Waals surface area contributed by atoms with Crippen molar-refractivity contribution in [3.8, 4) is 0 Å². The lowest BCUT2D eigenvalue weighted by atomic mass is 10.3. The summed E-state index contributed by atoms with van der Waals surface area (Å²) in [7, 11) is -16.9. The summed E-state index contributed by atoms with van der Waals surface area (Å²) in [6.45, 7) is 7.03. The number of nitrogens with zero attached hydrogens (tertiary/aromatic N) is 1. The van der Waals surface area contributed by atoms with Crippen molar-refractivity contribution >= 4 is 30.2 Å². The van der Waals surface area contributed by atoms with Gasteiger partial charge in [-0.3, -0.25) is 4.55 Å². The molecule has 0 heterocycles. The van der Waals surface area contributed by atoms with Crippen LogP contribution in [-0.4, -0.2) is 71.1 Å². The summed E-state index contributed by atoms with van der Waals surface area (Å²) in [4.78, 5) is 2.23. The summed E-state index contributed by atoms with van der Waals surface area (Å²) in [5, 5.41) is 0. The van der Waals surface area contributed by atoms with Gasteiger partial charge in [-0.1, -0.05) is 18.0 Å². The topological polar surface area (TPSA) is 138 Å². The van der Waals surface area contributed by atoms with Crippen molar-refractivity contribution < 1.29 is 56.1 Å². The highest BCUT2D eigenvalue weighted by Gasteiger charge is 2.55. The molecule has 2 N–H and O–H groups in total. The Bertz CT molecular complexity index is 729. The normalized spacial score (nSPS) is 13.9. The molecule has 0 aromatic heterocycles. The molecule has 0 saturated carbocycles. The van der Waals surface area contributed by atoms with Gasteiger partial charge < -0.3 is 4.90 Å². The van der Waals surface area contributed by atoms with E-state index in [1.165, 1.54) is 0 Å². The summed E-state index contributed by atoms with van der Waals surface area (Å²) < 4.78 is 137. The fourth-order valence-electron chi connectivity index (χ4n) is 1.40. The monoisotopic (exact) mass is 490 g/mol. The molecule has 0 spiro atoms. The average Bonchev–Trinajstić information content (AvgIpc) is 2.43. The molecular formula is C10H20F6N2O7S3. The predicted octanol–water partition coefficient (Wildman–Crippen LogP) is 1.27. The first kappa shape index (κ1) is 29.5. The van der Waals surface area contributed by atoms with E-state index >= 15 is 0 Å². The van der Waals surface area contributed by atoms with E-state index < -0.39 is 45.3 Å². The first-order chi connectivity index (χ1) is 12.2. The van der Waals surface area contributed by atoms with Gasteiger partial charge in [0.2, 0.25) is 0 Å². The zero-order chi connectivity index (χ0) is 23.0. The number of halogens is 6. The first-order valence-electron chi connectivity index (χ1n) is 7.28. The van der Waals surface area contributed by atoms with E-state index in [0.29, 0.717) is 6.42 Å². The molecule has 0 rings (SSSR count). The Balaban J connectivity index is 0. The minimum Gasteiger partial charge on any atom is -0.304 e. The highest BCUT2D eigenvalue weighted by Crippen LogP contribution is 2.27. The number of rotatable bonds is 9. The van der Waals surface area contributed by atoms with E-state index in [-0.39, 0.29) is 5.75 Å². The molecule has 0 aliphatic heterocycles. The Morgan fingerprint density at radius 1 is 0.786 bits per heavy atom.